The van der Waals surface area contributed by atoms with Gasteiger partial charge in [0.15, 0.2) is 0 Å². The molecule has 1 aromatic heterocycles. The van der Waals surface area contributed by atoms with E-state index >= 15 is 0 Å². The minimum atomic E-state index is -3.10. The monoisotopic (exact) mass is 277 g/mol. The van der Waals surface area contributed by atoms with Crippen LogP contribution in [-0.2, 0) is 19.8 Å². The number of rotatable bonds is 6. The van der Waals surface area contributed by atoms with Crippen molar-refractivity contribution in [2.75, 3.05) is 0 Å². The molecule has 17 heavy (non-hydrogen) atoms. The second-order valence-corrected chi connectivity index (χ2v) is 7.46. The molecule has 98 valence electrons. The van der Waals surface area contributed by atoms with Crippen LogP contribution in [-0.4, -0.2) is 17.2 Å². The van der Waals surface area contributed by atoms with E-state index in [-0.39, 0.29) is 18.4 Å². The molecule has 0 N–H and O–H groups in total. The van der Waals surface area contributed by atoms with Gasteiger partial charge in [0, 0.05) is 5.38 Å². The highest BCUT2D eigenvalue weighted by molar-refractivity contribution is 7.53. The lowest BCUT2D eigenvalue weighted by molar-refractivity contribution is 0.141. The number of hydrogen-bond acceptors (Lipinski definition) is 5. The van der Waals surface area contributed by atoms with Crippen LogP contribution in [0.2, 0.25) is 0 Å². The van der Waals surface area contributed by atoms with E-state index in [1.165, 1.54) is 11.3 Å². The maximum absolute atomic E-state index is 12.5. The summed E-state index contributed by atoms with van der Waals surface area (Å²) >= 11 is 1.54. The first kappa shape index (κ1) is 14.8. The second kappa shape index (κ2) is 6.10. The van der Waals surface area contributed by atoms with Crippen LogP contribution in [0.1, 0.15) is 38.4 Å². The van der Waals surface area contributed by atoms with Crippen LogP contribution in [0, 0.1) is 6.92 Å². The molecular formula is C11H20NO3PS. The first-order valence-corrected chi connectivity index (χ1v) is 8.28. The van der Waals surface area contributed by atoms with Gasteiger partial charge in [-0.1, -0.05) is 0 Å². The molecule has 6 heteroatoms. The van der Waals surface area contributed by atoms with Crippen molar-refractivity contribution in [2.45, 2.75) is 53.0 Å². The Balaban J connectivity index is 2.79. The predicted octanol–water partition coefficient (Wildman–Crippen LogP) is 3.99. The highest BCUT2D eigenvalue weighted by Crippen LogP contribution is 2.53. The Morgan fingerprint density at radius 2 is 1.82 bits per heavy atom. The molecule has 0 bridgehead atoms. The van der Waals surface area contributed by atoms with E-state index in [9.17, 15) is 4.57 Å². The van der Waals surface area contributed by atoms with Crippen molar-refractivity contribution < 1.29 is 13.6 Å². The maximum Gasteiger partial charge on any atom is 0.337 e. The number of aromatic nitrogens is 1. The van der Waals surface area contributed by atoms with E-state index in [0.29, 0.717) is 0 Å². The van der Waals surface area contributed by atoms with Crippen molar-refractivity contribution in [3.63, 3.8) is 0 Å². The molecule has 1 heterocycles. The Hall–Kier alpha value is -0.220. The standard InChI is InChI=1S/C11H20NO3PS/c1-8(2)14-16(13,15-9(3)4)6-11-7-17-10(5)12-11/h7-9H,6H2,1-5H3. The molecule has 0 amide bonds. The van der Waals surface area contributed by atoms with Crippen molar-refractivity contribution in [1.82, 2.24) is 4.98 Å². The molecule has 1 rings (SSSR count). The molecule has 0 radical (unpaired) electrons. The first-order chi connectivity index (χ1) is 7.81. The Morgan fingerprint density at radius 1 is 1.29 bits per heavy atom. The maximum atomic E-state index is 12.5. The highest BCUT2D eigenvalue weighted by atomic mass is 32.1. The fourth-order valence-corrected chi connectivity index (χ4v) is 4.20. The van der Waals surface area contributed by atoms with Gasteiger partial charge in [0.25, 0.3) is 0 Å². The average molecular weight is 277 g/mol. The van der Waals surface area contributed by atoms with Crippen LogP contribution in [0.4, 0.5) is 0 Å². The zero-order chi connectivity index (χ0) is 13.1. The molecule has 1 aromatic rings. The summed E-state index contributed by atoms with van der Waals surface area (Å²) in [6.45, 7) is 9.32. The summed E-state index contributed by atoms with van der Waals surface area (Å²) in [5.41, 5.74) is 0.775. The quantitative estimate of drug-likeness (QED) is 0.737. The molecule has 0 aromatic carbocycles. The SMILES string of the molecule is Cc1nc(CP(=O)(OC(C)C)OC(C)C)cs1. The minimum Gasteiger partial charge on any atom is -0.306 e. The van der Waals surface area contributed by atoms with Crippen LogP contribution in [0.3, 0.4) is 0 Å². The van der Waals surface area contributed by atoms with E-state index < -0.39 is 7.60 Å². The summed E-state index contributed by atoms with van der Waals surface area (Å²) < 4.78 is 23.5. The van der Waals surface area contributed by atoms with Crippen LogP contribution >= 0.6 is 18.9 Å². The Bertz CT molecular complexity index is 389. The van der Waals surface area contributed by atoms with Gasteiger partial charge in [0.05, 0.1) is 29.1 Å². The summed E-state index contributed by atoms with van der Waals surface area (Å²) in [7, 11) is -3.10. The van der Waals surface area contributed by atoms with Gasteiger partial charge in [-0.2, -0.15) is 0 Å². The summed E-state index contributed by atoms with van der Waals surface area (Å²) in [5, 5.41) is 2.86. The van der Waals surface area contributed by atoms with Gasteiger partial charge in [-0.3, -0.25) is 4.57 Å². The lowest BCUT2D eigenvalue weighted by Crippen LogP contribution is -2.09. The Kier molecular flexibility index (Phi) is 5.32. The number of aryl methyl sites for hydroxylation is 1. The topological polar surface area (TPSA) is 48.4 Å². The van der Waals surface area contributed by atoms with E-state index in [4.69, 9.17) is 9.05 Å². The van der Waals surface area contributed by atoms with E-state index in [1.807, 2.05) is 40.0 Å². The largest absolute Gasteiger partial charge is 0.337 e. The highest BCUT2D eigenvalue weighted by Gasteiger charge is 2.29. The first-order valence-electron chi connectivity index (χ1n) is 5.67. The van der Waals surface area contributed by atoms with Crippen LogP contribution in [0.25, 0.3) is 0 Å². The van der Waals surface area contributed by atoms with Gasteiger partial charge < -0.3 is 9.05 Å². The third kappa shape index (κ3) is 5.30. The lowest BCUT2D eigenvalue weighted by atomic mass is 10.5. The van der Waals surface area contributed by atoms with E-state index in [2.05, 4.69) is 4.98 Å². The zero-order valence-electron chi connectivity index (χ0n) is 11.0. The number of nitrogens with zero attached hydrogens (tertiary/aromatic N) is 1. The number of thiazole rings is 1. The van der Waals surface area contributed by atoms with Crippen LogP contribution < -0.4 is 0 Å². The fraction of sp³-hybridized carbons (Fsp3) is 0.727. The number of hydrogen-bond donors (Lipinski definition) is 0. The molecule has 0 aliphatic rings. The van der Waals surface area contributed by atoms with Crippen molar-refractivity contribution >= 4 is 18.9 Å². The van der Waals surface area contributed by atoms with Gasteiger partial charge in [-0.25, -0.2) is 4.98 Å². The van der Waals surface area contributed by atoms with Crippen LogP contribution in [0.15, 0.2) is 5.38 Å². The molecular weight excluding hydrogens is 257 g/mol. The van der Waals surface area contributed by atoms with Gasteiger partial charge in [0.2, 0.25) is 0 Å². The molecule has 0 fully saturated rings. The van der Waals surface area contributed by atoms with Gasteiger partial charge in [0.1, 0.15) is 0 Å². The molecule has 0 saturated carbocycles. The second-order valence-electron chi connectivity index (χ2n) is 4.44. The van der Waals surface area contributed by atoms with Crippen molar-refractivity contribution in [3.05, 3.63) is 16.1 Å². The summed E-state index contributed by atoms with van der Waals surface area (Å²) in [4.78, 5) is 4.30. The Morgan fingerprint density at radius 3 is 2.18 bits per heavy atom. The summed E-state index contributed by atoms with van der Waals surface area (Å²) in [5.74, 6) is 0. The minimum absolute atomic E-state index is 0.126. The van der Waals surface area contributed by atoms with Crippen molar-refractivity contribution in [2.24, 2.45) is 0 Å². The average Bonchev–Trinajstić information content (AvgIpc) is 2.46. The van der Waals surface area contributed by atoms with Crippen molar-refractivity contribution in [3.8, 4) is 0 Å². The third-order valence-corrected chi connectivity index (χ3v) is 4.78. The lowest BCUT2D eigenvalue weighted by Gasteiger charge is -2.22. The fourth-order valence-electron chi connectivity index (χ4n) is 1.42. The molecule has 0 aliphatic heterocycles. The van der Waals surface area contributed by atoms with Gasteiger partial charge in [-0.15, -0.1) is 11.3 Å². The summed E-state index contributed by atoms with van der Waals surface area (Å²) in [6.07, 6.45) is -0.00752. The van der Waals surface area contributed by atoms with Crippen molar-refractivity contribution in [1.29, 1.82) is 0 Å². The smallest absolute Gasteiger partial charge is 0.306 e. The predicted molar refractivity (Wildman–Crippen MR) is 70.6 cm³/mol. The van der Waals surface area contributed by atoms with Crippen LogP contribution in [0.5, 0.6) is 0 Å². The zero-order valence-corrected chi connectivity index (χ0v) is 12.7. The molecule has 0 atom stereocenters. The van der Waals surface area contributed by atoms with Gasteiger partial charge in [-0.05, 0) is 34.6 Å². The normalized spacial score (nSPS) is 12.6. The molecule has 0 unspecified atom stereocenters. The molecule has 4 nitrogen and oxygen atoms in total. The molecule has 0 spiro atoms. The molecule has 0 aliphatic carbocycles. The third-order valence-electron chi connectivity index (χ3n) is 1.77. The molecule has 0 saturated heterocycles. The van der Waals surface area contributed by atoms with E-state index in [0.717, 1.165) is 10.7 Å². The summed E-state index contributed by atoms with van der Waals surface area (Å²) in [6, 6.07) is 0. The van der Waals surface area contributed by atoms with E-state index in [1.54, 1.807) is 0 Å². The van der Waals surface area contributed by atoms with Gasteiger partial charge >= 0.3 is 7.60 Å². The Labute approximate surface area is 107 Å².